The highest BCUT2D eigenvalue weighted by molar-refractivity contribution is 5.09. The van der Waals surface area contributed by atoms with Crippen molar-refractivity contribution in [1.29, 1.82) is 0 Å². The fourth-order valence-electron chi connectivity index (χ4n) is 2.66. The molecule has 88 valence electrons. The van der Waals surface area contributed by atoms with Gasteiger partial charge in [-0.15, -0.1) is 0 Å². The Kier molecular flexibility index (Phi) is 2.69. The van der Waals surface area contributed by atoms with E-state index in [1.165, 1.54) is 5.69 Å². The molecule has 2 aliphatic heterocycles. The van der Waals surface area contributed by atoms with Crippen LogP contribution in [0, 0.1) is 5.92 Å². The molecule has 3 heterocycles. The van der Waals surface area contributed by atoms with Gasteiger partial charge in [-0.2, -0.15) is 0 Å². The number of hydrogen-bond donors (Lipinski definition) is 1. The average molecular weight is 222 g/mol. The lowest BCUT2D eigenvalue weighted by atomic mass is 10.0. The van der Waals surface area contributed by atoms with Crippen LogP contribution in [-0.2, 0) is 24.1 Å². The third-order valence-corrected chi connectivity index (χ3v) is 3.64. The molecule has 0 saturated carbocycles. The second-order valence-electron chi connectivity index (χ2n) is 4.90. The standard InChI is InChI=1S/C12H18N2O2/c15-11-2-1-10-6-13-12(14(10)7-11)5-9-3-4-16-8-9/h6,9,11,15H,1-5,7-8H2. The predicted octanol–water partition coefficient (Wildman–Crippen LogP) is 0.769. The highest BCUT2D eigenvalue weighted by Gasteiger charge is 2.23. The molecule has 1 fully saturated rings. The minimum Gasteiger partial charge on any atom is -0.391 e. The second kappa shape index (κ2) is 4.18. The maximum Gasteiger partial charge on any atom is 0.109 e. The van der Waals surface area contributed by atoms with Gasteiger partial charge >= 0.3 is 0 Å². The maximum atomic E-state index is 9.69. The molecule has 0 aromatic carbocycles. The van der Waals surface area contributed by atoms with Crippen molar-refractivity contribution >= 4 is 0 Å². The lowest BCUT2D eigenvalue weighted by molar-refractivity contribution is 0.129. The first-order chi connectivity index (χ1) is 7.83. The molecule has 0 bridgehead atoms. The van der Waals surface area contributed by atoms with E-state index in [1.54, 1.807) is 0 Å². The van der Waals surface area contributed by atoms with E-state index in [1.807, 2.05) is 6.20 Å². The number of rotatable bonds is 2. The molecule has 0 radical (unpaired) electrons. The summed E-state index contributed by atoms with van der Waals surface area (Å²) >= 11 is 0. The van der Waals surface area contributed by atoms with Crippen molar-refractivity contribution in [3.05, 3.63) is 17.7 Å². The zero-order chi connectivity index (χ0) is 11.0. The Bertz CT molecular complexity index is 369. The molecule has 4 heteroatoms. The van der Waals surface area contributed by atoms with Gasteiger partial charge in [0.05, 0.1) is 12.6 Å². The summed E-state index contributed by atoms with van der Waals surface area (Å²) in [6.07, 6.45) is 5.74. The minimum absolute atomic E-state index is 0.194. The number of aromatic nitrogens is 2. The lowest BCUT2D eigenvalue weighted by Crippen LogP contribution is -2.26. The third-order valence-electron chi connectivity index (χ3n) is 3.64. The summed E-state index contributed by atoms with van der Waals surface area (Å²) in [6.45, 7) is 2.48. The molecule has 4 nitrogen and oxygen atoms in total. The normalized spacial score (nSPS) is 29.3. The van der Waals surface area contributed by atoms with E-state index in [9.17, 15) is 5.11 Å². The van der Waals surface area contributed by atoms with Crippen molar-refractivity contribution in [2.75, 3.05) is 13.2 Å². The largest absolute Gasteiger partial charge is 0.391 e. The first-order valence-corrected chi connectivity index (χ1v) is 6.12. The van der Waals surface area contributed by atoms with Gasteiger partial charge in [-0.1, -0.05) is 0 Å². The summed E-state index contributed by atoms with van der Waals surface area (Å²) in [5.74, 6) is 1.75. The Balaban J connectivity index is 1.77. The number of aryl methyl sites for hydroxylation is 1. The second-order valence-corrected chi connectivity index (χ2v) is 4.90. The molecule has 1 N–H and O–H groups in total. The number of ether oxygens (including phenoxy) is 1. The van der Waals surface area contributed by atoms with Crippen LogP contribution in [0.1, 0.15) is 24.4 Å². The fraction of sp³-hybridized carbons (Fsp3) is 0.750. The van der Waals surface area contributed by atoms with Crippen LogP contribution in [0.2, 0.25) is 0 Å². The zero-order valence-corrected chi connectivity index (χ0v) is 9.43. The Labute approximate surface area is 95.3 Å². The van der Waals surface area contributed by atoms with Crippen LogP contribution in [0.4, 0.5) is 0 Å². The molecule has 16 heavy (non-hydrogen) atoms. The molecule has 1 saturated heterocycles. The van der Waals surface area contributed by atoms with E-state index in [0.717, 1.165) is 51.3 Å². The van der Waals surface area contributed by atoms with Gasteiger partial charge in [0.2, 0.25) is 0 Å². The number of imidazole rings is 1. The molecule has 1 aromatic rings. The van der Waals surface area contributed by atoms with Crippen LogP contribution in [0.5, 0.6) is 0 Å². The third kappa shape index (κ3) is 1.87. The van der Waals surface area contributed by atoms with Crippen molar-refractivity contribution < 1.29 is 9.84 Å². The van der Waals surface area contributed by atoms with Crippen molar-refractivity contribution in [3.8, 4) is 0 Å². The molecule has 2 unspecified atom stereocenters. The van der Waals surface area contributed by atoms with Gasteiger partial charge in [0.25, 0.3) is 0 Å². The minimum atomic E-state index is -0.194. The first-order valence-electron chi connectivity index (χ1n) is 6.12. The molecule has 1 aromatic heterocycles. The molecule has 2 aliphatic rings. The predicted molar refractivity (Wildman–Crippen MR) is 59.2 cm³/mol. The van der Waals surface area contributed by atoms with E-state index in [-0.39, 0.29) is 6.10 Å². The summed E-state index contributed by atoms with van der Waals surface area (Å²) in [4.78, 5) is 4.49. The maximum absolute atomic E-state index is 9.69. The molecule has 0 amide bonds. The van der Waals surface area contributed by atoms with Gasteiger partial charge in [-0.3, -0.25) is 0 Å². The number of hydrogen-bond acceptors (Lipinski definition) is 3. The SMILES string of the molecule is OC1CCc2cnc(CC3CCOC3)n2C1. The summed E-state index contributed by atoms with van der Waals surface area (Å²) in [6, 6.07) is 0. The average Bonchev–Trinajstić information content (AvgIpc) is 2.90. The van der Waals surface area contributed by atoms with Crippen LogP contribution in [-0.4, -0.2) is 34.0 Å². The van der Waals surface area contributed by atoms with Crippen molar-refractivity contribution in [3.63, 3.8) is 0 Å². The number of aliphatic hydroxyl groups excluding tert-OH is 1. The van der Waals surface area contributed by atoms with E-state index < -0.39 is 0 Å². The van der Waals surface area contributed by atoms with Gasteiger partial charge in [0.15, 0.2) is 0 Å². The number of nitrogens with zero attached hydrogens (tertiary/aromatic N) is 2. The number of aliphatic hydroxyl groups is 1. The molecule has 0 aliphatic carbocycles. The van der Waals surface area contributed by atoms with Crippen molar-refractivity contribution in [2.45, 2.75) is 38.3 Å². The number of fused-ring (bicyclic) bond motifs is 1. The van der Waals surface area contributed by atoms with Gasteiger partial charge in [0.1, 0.15) is 5.82 Å². The molecule has 2 atom stereocenters. The van der Waals surface area contributed by atoms with E-state index in [0.29, 0.717) is 5.92 Å². The topological polar surface area (TPSA) is 47.3 Å². The van der Waals surface area contributed by atoms with Crippen LogP contribution >= 0.6 is 0 Å². The van der Waals surface area contributed by atoms with Crippen LogP contribution < -0.4 is 0 Å². The first kappa shape index (κ1) is 10.3. The smallest absolute Gasteiger partial charge is 0.109 e. The van der Waals surface area contributed by atoms with E-state index in [4.69, 9.17) is 4.74 Å². The van der Waals surface area contributed by atoms with Crippen LogP contribution in [0.25, 0.3) is 0 Å². The Morgan fingerprint density at radius 3 is 3.25 bits per heavy atom. The van der Waals surface area contributed by atoms with Gasteiger partial charge in [-0.05, 0) is 25.2 Å². The monoisotopic (exact) mass is 222 g/mol. The summed E-state index contributed by atoms with van der Waals surface area (Å²) in [7, 11) is 0. The van der Waals surface area contributed by atoms with Crippen molar-refractivity contribution in [2.24, 2.45) is 5.92 Å². The van der Waals surface area contributed by atoms with Crippen LogP contribution in [0.15, 0.2) is 6.20 Å². The molecular formula is C12H18N2O2. The van der Waals surface area contributed by atoms with Crippen molar-refractivity contribution in [1.82, 2.24) is 9.55 Å². The molecule has 3 rings (SSSR count). The summed E-state index contributed by atoms with van der Waals surface area (Å²) in [5.41, 5.74) is 1.28. The van der Waals surface area contributed by atoms with Crippen LogP contribution in [0.3, 0.4) is 0 Å². The quantitative estimate of drug-likeness (QED) is 0.804. The highest BCUT2D eigenvalue weighted by Crippen LogP contribution is 2.22. The Morgan fingerprint density at radius 1 is 1.50 bits per heavy atom. The Morgan fingerprint density at radius 2 is 2.44 bits per heavy atom. The van der Waals surface area contributed by atoms with Gasteiger partial charge in [0, 0.05) is 31.5 Å². The zero-order valence-electron chi connectivity index (χ0n) is 9.43. The van der Waals surface area contributed by atoms with Gasteiger partial charge in [-0.25, -0.2) is 4.98 Å². The fourth-order valence-corrected chi connectivity index (χ4v) is 2.66. The summed E-state index contributed by atoms with van der Waals surface area (Å²) in [5, 5.41) is 9.69. The Hall–Kier alpha value is -0.870. The molecule has 0 spiro atoms. The van der Waals surface area contributed by atoms with E-state index in [2.05, 4.69) is 9.55 Å². The van der Waals surface area contributed by atoms with E-state index >= 15 is 0 Å². The highest BCUT2D eigenvalue weighted by atomic mass is 16.5. The summed E-state index contributed by atoms with van der Waals surface area (Å²) < 4.78 is 7.59. The van der Waals surface area contributed by atoms with Gasteiger partial charge < -0.3 is 14.4 Å². The molecular weight excluding hydrogens is 204 g/mol. The lowest BCUT2D eigenvalue weighted by Gasteiger charge is -2.22.